The van der Waals surface area contributed by atoms with E-state index in [0.717, 1.165) is 37.7 Å². The first-order valence-electron chi connectivity index (χ1n) is 11.0. The number of halogens is 1. The number of nitrogens with zero attached hydrogens (tertiary/aromatic N) is 2. The molecule has 33 heavy (non-hydrogen) atoms. The summed E-state index contributed by atoms with van der Waals surface area (Å²) >= 11 is 6.08. The Morgan fingerprint density at radius 3 is 2.48 bits per heavy atom. The highest BCUT2D eigenvalue weighted by Gasteiger charge is 2.20. The van der Waals surface area contributed by atoms with Gasteiger partial charge in [0.1, 0.15) is 5.76 Å². The largest absolute Gasteiger partial charge is 0.467 e. The second kappa shape index (κ2) is 11.1. The zero-order chi connectivity index (χ0) is 23.0. The van der Waals surface area contributed by atoms with E-state index in [1.54, 1.807) is 42.7 Å². The van der Waals surface area contributed by atoms with Crippen LogP contribution in [-0.2, 0) is 17.9 Å². The molecule has 2 N–H and O–H groups in total. The fourth-order valence-corrected chi connectivity index (χ4v) is 4.07. The van der Waals surface area contributed by atoms with E-state index in [1.165, 1.54) is 5.56 Å². The number of hydrogen-bond acceptors (Lipinski definition) is 5. The summed E-state index contributed by atoms with van der Waals surface area (Å²) in [5.74, 6) is 0.265. The normalized spacial score (nSPS) is 14.7. The van der Waals surface area contributed by atoms with E-state index in [2.05, 4.69) is 26.5 Å². The zero-order valence-corrected chi connectivity index (χ0v) is 19.1. The maximum Gasteiger partial charge on any atom is 0.253 e. The molecule has 1 fully saturated rings. The molecule has 1 aliphatic heterocycles. The first kappa shape index (κ1) is 23.0. The van der Waals surface area contributed by atoms with Gasteiger partial charge in [-0.1, -0.05) is 35.9 Å². The molecule has 2 amide bonds. The molecule has 1 aromatic heterocycles. The minimum atomic E-state index is -0.267. The van der Waals surface area contributed by atoms with Gasteiger partial charge < -0.3 is 15.1 Å². The van der Waals surface area contributed by atoms with Crippen molar-refractivity contribution in [3.05, 3.63) is 88.8 Å². The topological polar surface area (TPSA) is 77.8 Å². The number of rotatable bonds is 8. The van der Waals surface area contributed by atoms with Crippen molar-refractivity contribution in [3.8, 4) is 0 Å². The highest BCUT2D eigenvalue weighted by atomic mass is 35.5. The van der Waals surface area contributed by atoms with Crippen LogP contribution in [0.5, 0.6) is 0 Å². The number of hydrogen-bond donors (Lipinski definition) is 2. The fraction of sp³-hybridized carbons (Fsp3) is 0.280. The van der Waals surface area contributed by atoms with Crippen molar-refractivity contribution in [1.82, 2.24) is 15.1 Å². The highest BCUT2D eigenvalue weighted by Crippen LogP contribution is 2.16. The van der Waals surface area contributed by atoms with E-state index in [1.807, 2.05) is 18.2 Å². The second-order valence-electron chi connectivity index (χ2n) is 8.04. The van der Waals surface area contributed by atoms with Crippen molar-refractivity contribution in [2.24, 2.45) is 0 Å². The second-order valence-corrected chi connectivity index (χ2v) is 8.47. The van der Waals surface area contributed by atoms with Gasteiger partial charge in [0.2, 0.25) is 5.91 Å². The van der Waals surface area contributed by atoms with Crippen molar-refractivity contribution in [3.63, 3.8) is 0 Å². The minimum absolute atomic E-state index is 0.135. The van der Waals surface area contributed by atoms with Gasteiger partial charge in [-0.15, -0.1) is 0 Å². The molecule has 4 rings (SSSR count). The minimum Gasteiger partial charge on any atom is -0.467 e. The molecule has 2 aromatic carbocycles. The summed E-state index contributed by atoms with van der Waals surface area (Å²) in [6.45, 7) is 4.79. The van der Waals surface area contributed by atoms with E-state index >= 15 is 0 Å². The van der Waals surface area contributed by atoms with Crippen LogP contribution in [0.2, 0.25) is 5.02 Å². The predicted octanol–water partition coefficient (Wildman–Crippen LogP) is 3.62. The summed E-state index contributed by atoms with van der Waals surface area (Å²) in [5.41, 5.74) is 2.11. The van der Waals surface area contributed by atoms with Gasteiger partial charge in [-0.2, -0.15) is 0 Å². The molecule has 0 unspecified atom stereocenters. The number of piperazine rings is 1. The van der Waals surface area contributed by atoms with Crippen LogP contribution in [0, 0.1) is 0 Å². The summed E-state index contributed by atoms with van der Waals surface area (Å²) in [5, 5.41) is 6.46. The van der Waals surface area contributed by atoms with Crippen LogP contribution in [0.25, 0.3) is 0 Å². The van der Waals surface area contributed by atoms with E-state index in [9.17, 15) is 9.59 Å². The summed E-state index contributed by atoms with van der Waals surface area (Å²) in [6, 6.07) is 18.5. The molecule has 1 aliphatic rings. The lowest BCUT2D eigenvalue weighted by atomic mass is 10.1. The molecule has 0 bridgehead atoms. The summed E-state index contributed by atoms with van der Waals surface area (Å²) in [7, 11) is 0. The summed E-state index contributed by atoms with van der Waals surface area (Å²) < 4.78 is 5.25. The average Bonchev–Trinajstić information content (AvgIpc) is 3.33. The maximum absolute atomic E-state index is 12.7. The van der Waals surface area contributed by atoms with Crippen LogP contribution in [0.3, 0.4) is 0 Å². The van der Waals surface area contributed by atoms with E-state index in [-0.39, 0.29) is 24.9 Å². The first-order chi connectivity index (χ1) is 16.1. The molecular weight excluding hydrogens is 440 g/mol. The third-order valence-electron chi connectivity index (χ3n) is 5.58. The van der Waals surface area contributed by atoms with Gasteiger partial charge in [0.25, 0.3) is 5.91 Å². The SMILES string of the molecule is O=C(CN1CCN(Cc2cccc(Cl)c2)CC1)Nc1ccccc1C(=O)NCc1ccco1. The van der Waals surface area contributed by atoms with Crippen LogP contribution in [0.15, 0.2) is 71.3 Å². The van der Waals surface area contributed by atoms with E-state index in [0.29, 0.717) is 17.0 Å². The quantitative estimate of drug-likeness (QED) is 0.530. The van der Waals surface area contributed by atoms with Crippen molar-refractivity contribution in [1.29, 1.82) is 0 Å². The molecule has 7 nitrogen and oxygen atoms in total. The number of benzene rings is 2. The van der Waals surface area contributed by atoms with Gasteiger partial charge >= 0.3 is 0 Å². The molecule has 1 saturated heterocycles. The summed E-state index contributed by atoms with van der Waals surface area (Å²) in [4.78, 5) is 29.8. The van der Waals surface area contributed by atoms with Crippen molar-refractivity contribution in [2.75, 3.05) is 38.0 Å². The lowest BCUT2D eigenvalue weighted by molar-refractivity contribution is -0.117. The van der Waals surface area contributed by atoms with Gasteiger partial charge in [-0.3, -0.25) is 19.4 Å². The third-order valence-corrected chi connectivity index (χ3v) is 5.81. The molecule has 3 aromatic rings. The number of carbonyl (C=O) groups excluding carboxylic acids is 2. The number of furan rings is 1. The van der Waals surface area contributed by atoms with Gasteiger partial charge in [0, 0.05) is 37.7 Å². The standard InChI is InChI=1S/C25H27ClN4O3/c26-20-6-3-5-19(15-20)17-29-10-12-30(13-11-29)18-24(31)28-23-9-2-1-8-22(23)25(32)27-16-21-7-4-14-33-21/h1-9,14-15H,10-13,16-18H2,(H,27,32)(H,28,31). The van der Waals surface area contributed by atoms with E-state index in [4.69, 9.17) is 16.0 Å². The Morgan fingerprint density at radius 1 is 0.939 bits per heavy atom. The highest BCUT2D eigenvalue weighted by molar-refractivity contribution is 6.30. The maximum atomic E-state index is 12.7. The lowest BCUT2D eigenvalue weighted by Crippen LogP contribution is -2.48. The lowest BCUT2D eigenvalue weighted by Gasteiger charge is -2.34. The Morgan fingerprint density at radius 2 is 1.73 bits per heavy atom. The number of para-hydroxylation sites is 1. The number of anilines is 1. The van der Waals surface area contributed by atoms with Crippen molar-refractivity contribution < 1.29 is 14.0 Å². The average molecular weight is 467 g/mol. The Kier molecular flexibility index (Phi) is 7.78. The van der Waals surface area contributed by atoms with Crippen LogP contribution in [0.1, 0.15) is 21.7 Å². The van der Waals surface area contributed by atoms with Gasteiger partial charge in [0.15, 0.2) is 0 Å². The smallest absolute Gasteiger partial charge is 0.253 e. The Labute approximate surface area is 198 Å². The summed E-state index contributed by atoms with van der Waals surface area (Å²) in [6.07, 6.45) is 1.56. The fourth-order valence-electron chi connectivity index (χ4n) is 3.86. The Bertz CT molecular complexity index is 1080. The third kappa shape index (κ3) is 6.68. The molecular formula is C25H27ClN4O3. The Hall–Kier alpha value is -3.13. The van der Waals surface area contributed by atoms with Crippen molar-refractivity contribution in [2.45, 2.75) is 13.1 Å². The van der Waals surface area contributed by atoms with Gasteiger partial charge in [-0.05, 0) is 42.0 Å². The van der Waals surface area contributed by atoms with Gasteiger partial charge in [-0.25, -0.2) is 0 Å². The van der Waals surface area contributed by atoms with Crippen LogP contribution < -0.4 is 10.6 Å². The molecule has 8 heteroatoms. The predicted molar refractivity (Wildman–Crippen MR) is 128 cm³/mol. The van der Waals surface area contributed by atoms with Gasteiger partial charge in [0.05, 0.1) is 30.6 Å². The van der Waals surface area contributed by atoms with E-state index < -0.39 is 0 Å². The first-order valence-corrected chi connectivity index (χ1v) is 11.3. The molecule has 0 radical (unpaired) electrons. The molecule has 172 valence electrons. The number of carbonyl (C=O) groups is 2. The molecule has 0 atom stereocenters. The number of nitrogens with one attached hydrogen (secondary N) is 2. The molecule has 0 aliphatic carbocycles. The van der Waals surface area contributed by atoms with Crippen LogP contribution >= 0.6 is 11.6 Å². The molecule has 2 heterocycles. The Balaban J connectivity index is 1.26. The monoisotopic (exact) mass is 466 g/mol. The van der Waals surface area contributed by atoms with Crippen LogP contribution in [-0.4, -0.2) is 54.3 Å². The molecule has 0 saturated carbocycles. The zero-order valence-electron chi connectivity index (χ0n) is 18.3. The van der Waals surface area contributed by atoms with Crippen molar-refractivity contribution >= 4 is 29.1 Å². The van der Waals surface area contributed by atoms with Crippen LogP contribution in [0.4, 0.5) is 5.69 Å². The number of amides is 2. The molecule has 0 spiro atoms.